The Balaban J connectivity index is 2.20. The molecule has 0 unspecified atom stereocenters. The van der Waals surface area contributed by atoms with Gasteiger partial charge in [0.2, 0.25) is 5.78 Å². The molecule has 0 aliphatic carbocycles. The van der Waals surface area contributed by atoms with Crippen LogP contribution in [0, 0.1) is 25.2 Å². The molecule has 0 amide bonds. The largest absolute Gasteiger partial charge is 0.490 e. The number of hydrogen-bond donors (Lipinski definition) is 1. The minimum absolute atomic E-state index is 0.0862. The fraction of sp³-hybridized carbons (Fsp3) is 0.316. The quantitative estimate of drug-likeness (QED) is 0.780. The van der Waals surface area contributed by atoms with Gasteiger partial charge in [0, 0.05) is 17.3 Å². The second-order valence-electron chi connectivity index (χ2n) is 5.60. The van der Waals surface area contributed by atoms with Gasteiger partial charge in [0.1, 0.15) is 0 Å². The molecule has 0 spiro atoms. The van der Waals surface area contributed by atoms with Crippen molar-refractivity contribution in [1.82, 2.24) is 4.98 Å². The number of aromatic amines is 1. The highest BCUT2D eigenvalue weighted by molar-refractivity contribution is 6.03. The van der Waals surface area contributed by atoms with Gasteiger partial charge < -0.3 is 14.5 Å². The summed E-state index contributed by atoms with van der Waals surface area (Å²) in [6.45, 7) is 7.00. The lowest BCUT2D eigenvalue weighted by Crippen LogP contribution is -2.14. The van der Waals surface area contributed by atoms with Gasteiger partial charge >= 0.3 is 0 Å². The standard InChI is InChI=1S/C19H20N2O4/c1-5-24-17-8-14(9-20)6-7-16(17)25-10-15(23)19-11(2)18(13(4)22)12(3)21-19/h6-8,21H,5,10H2,1-4H3. The molecule has 0 radical (unpaired) electrons. The topological polar surface area (TPSA) is 92.2 Å². The molecule has 1 N–H and O–H groups in total. The summed E-state index contributed by atoms with van der Waals surface area (Å²) in [6, 6.07) is 6.80. The number of rotatable bonds is 7. The number of aromatic nitrogens is 1. The molecule has 0 bridgehead atoms. The highest BCUT2D eigenvalue weighted by Crippen LogP contribution is 2.28. The minimum atomic E-state index is -0.264. The zero-order chi connectivity index (χ0) is 18.6. The Labute approximate surface area is 146 Å². The highest BCUT2D eigenvalue weighted by Gasteiger charge is 2.20. The van der Waals surface area contributed by atoms with Crippen molar-refractivity contribution < 1.29 is 19.1 Å². The second kappa shape index (κ2) is 7.67. The van der Waals surface area contributed by atoms with Crippen molar-refractivity contribution in [2.45, 2.75) is 27.7 Å². The summed E-state index contributed by atoms with van der Waals surface area (Å²) in [6.07, 6.45) is 0. The minimum Gasteiger partial charge on any atom is -0.490 e. The van der Waals surface area contributed by atoms with Gasteiger partial charge in [-0.15, -0.1) is 0 Å². The van der Waals surface area contributed by atoms with Crippen LogP contribution in [0.4, 0.5) is 0 Å². The molecule has 0 saturated carbocycles. The van der Waals surface area contributed by atoms with E-state index in [4.69, 9.17) is 14.7 Å². The van der Waals surface area contributed by atoms with Gasteiger partial charge in [0.05, 0.1) is 23.9 Å². The fourth-order valence-corrected chi connectivity index (χ4v) is 2.74. The first-order valence-electron chi connectivity index (χ1n) is 7.92. The molecule has 0 aliphatic rings. The van der Waals surface area contributed by atoms with Crippen LogP contribution < -0.4 is 9.47 Å². The number of aryl methyl sites for hydroxylation is 1. The monoisotopic (exact) mass is 340 g/mol. The third kappa shape index (κ3) is 3.89. The normalized spacial score (nSPS) is 10.2. The Hall–Kier alpha value is -3.07. The zero-order valence-electron chi connectivity index (χ0n) is 14.7. The van der Waals surface area contributed by atoms with E-state index in [1.54, 1.807) is 32.0 Å². The van der Waals surface area contributed by atoms with Crippen molar-refractivity contribution >= 4 is 11.6 Å². The first-order chi connectivity index (χ1) is 11.9. The van der Waals surface area contributed by atoms with Gasteiger partial charge in [-0.1, -0.05) is 0 Å². The molecule has 0 saturated heterocycles. The van der Waals surface area contributed by atoms with E-state index >= 15 is 0 Å². The third-order valence-electron chi connectivity index (χ3n) is 3.80. The van der Waals surface area contributed by atoms with Crippen molar-refractivity contribution in [2.75, 3.05) is 13.2 Å². The van der Waals surface area contributed by atoms with E-state index < -0.39 is 0 Å². The molecule has 0 aliphatic heterocycles. The number of hydrogen-bond acceptors (Lipinski definition) is 5. The molecule has 6 nitrogen and oxygen atoms in total. The van der Waals surface area contributed by atoms with Gasteiger partial charge in [-0.25, -0.2) is 0 Å². The van der Waals surface area contributed by atoms with Crippen LogP contribution in [0.3, 0.4) is 0 Å². The summed E-state index contributed by atoms with van der Waals surface area (Å²) < 4.78 is 11.0. The maximum absolute atomic E-state index is 12.5. The van der Waals surface area contributed by atoms with Crippen LogP contribution in [0.1, 0.15) is 51.5 Å². The van der Waals surface area contributed by atoms with Gasteiger partial charge in [-0.3, -0.25) is 9.59 Å². The van der Waals surface area contributed by atoms with Crippen molar-refractivity contribution in [1.29, 1.82) is 5.26 Å². The van der Waals surface area contributed by atoms with E-state index in [2.05, 4.69) is 4.98 Å². The number of nitrogens with zero attached hydrogens (tertiary/aromatic N) is 1. The average Bonchev–Trinajstić information content (AvgIpc) is 2.88. The number of H-pyrrole nitrogens is 1. The Kier molecular flexibility index (Phi) is 5.60. The van der Waals surface area contributed by atoms with E-state index in [0.717, 1.165) is 0 Å². The zero-order valence-corrected chi connectivity index (χ0v) is 14.7. The lowest BCUT2D eigenvalue weighted by molar-refractivity contribution is 0.0913. The van der Waals surface area contributed by atoms with Crippen molar-refractivity contribution in [3.8, 4) is 17.6 Å². The third-order valence-corrected chi connectivity index (χ3v) is 3.80. The van der Waals surface area contributed by atoms with Crippen LogP contribution >= 0.6 is 0 Å². The average molecular weight is 340 g/mol. The maximum Gasteiger partial charge on any atom is 0.216 e. The number of benzene rings is 1. The molecule has 0 fully saturated rings. The Bertz CT molecular complexity index is 859. The lowest BCUT2D eigenvalue weighted by atomic mass is 10.1. The summed E-state index contributed by atoms with van der Waals surface area (Å²) in [5.41, 5.74) is 2.65. The summed E-state index contributed by atoms with van der Waals surface area (Å²) in [5, 5.41) is 8.96. The molecule has 1 aromatic heterocycles. The van der Waals surface area contributed by atoms with E-state index in [1.807, 2.05) is 13.0 Å². The number of Topliss-reactive ketones (excluding diaryl/α,β-unsaturated/α-hetero) is 2. The Morgan fingerprint density at radius 3 is 2.48 bits per heavy atom. The lowest BCUT2D eigenvalue weighted by Gasteiger charge is -2.11. The molecular formula is C19H20N2O4. The summed E-state index contributed by atoms with van der Waals surface area (Å²) in [5.74, 6) is 0.455. The summed E-state index contributed by atoms with van der Waals surface area (Å²) >= 11 is 0. The highest BCUT2D eigenvalue weighted by atomic mass is 16.5. The SMILES string of the molecule is CCOc1cc(C#N)ccc1OCC(=O)c1[nH]c(C)c(C(C)=O)c1C. The van der Waals surface area contributed by atoms with Gasteiger partial charge in [-0.2, -0.15) is 5.26 Å². The molecular weight excluding hydrogens is 320 g/mol. The number of nitrogens with one attached hydrogen (secondary N) is 1. The molecule has 130 valence electrons. The van der Waals surface area contributed by atoms with Crippen LogP contribution in [-0.4, -0.2) is 29.8 Å². The van der Waals surface area contributed by atoms with Gasteiger partial charge in [0.15, 0.2) is 23.9 Å². The number of carbonyl (C=O) groups is 2. The smallest absolute Gasteiger partial charge is 0.216 e. The van der Waals surface area contributed by atoms with Gasteiger partial charge in [0.25, 0.3) is 0 Å². The number of carbonyl (C=O) groups excluding carboxylic acids is 2. The van der Waals surface area contributed by atoms with E-state index in [0.29, 0.717) is 46.2 Å². The molecule has 2 aromatic rings. The van der Waals surface area contributed by atoms with Crippen LogP contribution in [0.5, 0.6) is 11.5 Å². The Morgan fingerprint density at radius 2 is 1.92 bits per heavy atom. The number of ether oxygens (including phenoxy) is 2. The number of ketones is 2. The maximum atomic E-state index is 12.5. The van der Waals surface area contributed by atoms with Crippen molar-refractivity contribution in [3.05, 3.63) is 46.3 Å². The summed E-state index contributed by atoms with van der Waals surface area (Å²) in [7, 11) is 0. The van der Waals surface area contributed by atoms with Gasteiger partial charge in [-0.05, 0) is 45.4 Å². The second-order valence-corrected chi connectivity index (χ2v) is 5.60. The summed E-state index contributed by atoms with van der Waals surface area (Å²) in [4.78, 5) is 27.1. The number of nitriles is 1. The molecule has 6 heteroatoms. The fourth-order valence-electron chi connectivity index (χ4n) is 2.74. The van der Waals surface area contributed by atoms with E-state index in [1.165, 1.54) is 6.92 Å². The van der Waals surface area contributed by atoms with Crippen LogP contribution in [0.25, 0.3) is 0 Å². The van der Waals surface area contributed by atoms with Crippen LogP contribution in [0.2, 0.25) is 0 Å². The molecule has 25 heavy (non-hydrogen) atoms. The Morgan fingerprint density at radius 1 is 1.20 bits per heavy atom. The van der Waals surface area contributed by atoms with Crippen molar-refractivity contribution in [2.24, 2.45) is 0 Å². The predicted molar refractivity (Wildman–Crippen MR) is 92.4 cm³/mol. The first-order valence-corrected chi connectivity index (χ1v) is 7.92. The van der Waals surface area contributed by atoms with Crippen LogP contribution in [-0.2, 0) is 0 Å². The molecule has 2 rings (SSSR count). The predicted octanol–water partition coefficient (Wildman–Crippen LogP) is 3.37. The molecule has 1 heterocycles. The van der Waals surface area contributed by atoms with E-state index in [-0.39, 0.29) is 18.2 Å². The van der Waals surface area contributed by atoms with Crippen molar-refractivity contribution in [3.63, 3.8) is 0 Å². The van der Waals surface area contributed by atoms with Crippen LogP contribution in [0.15, 0.2) is 18.2 Å². The van der Waals surface area contributed by atoms with E-state index in [9.17, 15) is 9.59 Å². The first kappa shape index (κ1) is 18.3. The molecule has 1 aromatic carbocycles. The molecule has 0 atom stereocenters.